The predicted octanol–water partition coefficient (Wildman–Crippen LogP) is -2.74. The second kappa shape index (κ2) is 4.52. The smallest absolute Gasteiger partial charge is 0.276 e. The zero-order chi connectivity index (χ0) is 14.4. The first kappa shape index (κ1) is 13.0. The largest absolute Gasteiger partial charge is 0.710 e. The Morgan fingerprint density at radius 2 is 2.15 bits per heavy atom. The highest BCUT2D eigenvalue weighted by atomic mass is 16.6. The number of aliphatic hydroxyl groups excluding tert-OH is 3. The molecular weight excluding hydrogens is 270 g/mol. The molecule has 0 aromatic carbocycles. The topological polar surface area (TPSA) is 154 Å². The van der Waals surface area contributed by atoms with E-state index in [1.165, 1.54) is 10.9 Å². The number of imidazole rings is 1. The lowest BCUT2D eigenvalue weighted by Crippen LogP contribution is -2.33. The van der Waals surface area contributed by atoms with Crippen molar-refractivity contribution in [2.75, 3.05) is 12.3 Å². The van der Waals surface area contributed by atoms with Crippen LogP contribution in [0.2, 0.25) is 0 Å². The monoisotopic (exact) mass is 283 g/mol. The van der Waals surface area contributed by atoms with E-state index in [2.05, 4.69) is 9.97 Å². The van der Waals surface area contributed by atoms with E-state index >= 15 is 0 Å². The first-order chi connectivity index (χ1) is 9.54. The lowest BCUT2D eigenvalue weighted by Gasteiger charge is -2.11. The van der Waals surface area contributed by atoms with Crippen molar-refractivity contribution in [2.24, 2.45) is 0 Å². The third kappa shape index (κ3) is 1.70. The fourth-order valence-corrected chi connectivity index (χ4v) is 2.30. The Labute approximate surface area is 112 Å². The quantitative estimate of drug-likeness (QED) is 0.342. The maximum Gasteiger partial charge on any atom is 0.276 e. The third-order valence-electron chi connectivity index (χ3n) is 3.32. The Hall–Kier alpha value is -2.01. The maximum absolute atomic E-state index is 11.8. The van der Waals surface area contributed by atoms with Crippen LogP contribution in [0, 0.1) is 5.21 Å². The van der Waals surface area contributed by atoms with Crippen molar-refractivity contribution >= 4 is 17.0 Å². The molecule has 3 heterocycles. The molecule has 0 bridgehead atoms. The zero-order valence-electron chi connectivity index (χ0n) is 10.2. The van der Waals surface area contributed by atoms with Crippen LogP contribution in [0.25, 0.3) is 11.2 Å². The molecule has 0 amide bonds. The molecule has 1 aliphatic rings. The SMILES string of the molecule is Nc1ncnc2c1[n+]([O-])cn2C1OC(CO)C(O)C1O. The van der Waals surface area contributed by atoms with E-state index in [9.17, 15) is 15.4 Å². The van der Waals surface area contributed by atoms with Crippen molar-refractivity contribution in [3.05, 3.63) is 17.9 Å². The standard InChI is InChI=1S/C10H13N5O5/c11-8-5-9(13-2-12-8)14(3-15(5)19)10-7(18)6(17)4(1-16)20-10/h2-4,6-7,10,16-18H,1H2,(H2,11,12,13). The minimum Gasteiger partial charge on any atom is -0.710 e. The first-order valence-corrected chi connectivity index (χ1v) is 5.87. The highest BCUT2D eigenvalue weighted by Crippen LogP contribution is 2.31. The number of nitrogens with two attached hydrogens (primary N) is 1. The molecule has 108 valence electrons. The van der Waals surface area contributed by atoms with Gasteiger partial charge in [0.25, 0.3) is 12.0 Å². The molecule has 10 heteroatoms. The molecule has 0 aliphatic carbocycles. The summed E-state index contributed by atoms with van der Waals surface area (Å²) < 4.78 is 7.05. The van der Waals surface area contributed by atoms with Gasteiger partial charge in [-0.1, -0.05) is 0 Å². The zero-order valence-corrected chi connectivity index (χ0v) is 10.2. The van der Waals surface area contributed by atoms with Crippen LogP contribution >= 0.6 is 0 Å². The number of fused-ring (bicyclic) bond motifs is 1. The van der Waals surface area contributed by atoms with Crippen LogP contribution in [0.15, 0.2) is 12.7 Å². The van der Waals surface area contributed by atoms with E-state index in [1.807, 2.05) is 0 Å². The lowest BCUT2D eigenvalue weighted by molar-refractivity contribution is -0.578. The molecule has 4 unspecified atom stereocenters. The molecular formula is C10H13N5O5. The molecule has 0 radical (unpaired) electrons. The van der Waals surface area contributed by atoms with Gasteiger partial charge in [0, 0.05) is 0 Å². The number of aliphatic hydroxyl groups is 3. The second-order valence-corrected chi connectivity index (χ2v) is 4.51. The second-order valence-electron chi connectivity index (χ2n) is 4.51. The molecule has 10 nitrogen and oxygen atoms in total. The Balaban J connectivity index is 2.10. The van der Waals surface area contributed by atoms with Crippen molar-refractivity contribution in [2.45, 2.75) is 24.5 Å². The molecule has 2 aromatic heterocycles. The summed E-state index contributed by atoms with van der Waals surface area (Å²) in [7, 11) is 0. The number of nitrogen functional groups attached to an aromatic ring is 1. The van der Waals surface area contributed by atoms with Crippen LogP contribution in [-0.4, -0.2) is 54.8 Å². The number of nitrogens with zero attached hydrogens (tertiary/aromatic N) is 4. The van der Waals surface area contributed by atoms with Gasteiger partial charge in [0.05, 0.1) is 6.61 Å². The lowest BCUT2D eigenvalue weighted by atomic mass is 10.1. The summed E-state index contributed by atoms with van der Waals surface area (Å²) in [5, 5.41) is 40.6. The number of anilines is 1. The van der Waals surface area contributed by atoms with Gasteiger partial charge in [-0.15, -0.1) is 0 Å². The number of hydrogen-bond donors (Lipinski definition) is 4. The van der Waals surface area contributed by atoms with Crippen LogP contribution < -0.4 is 10.5 Å². The van der Waals surface area contributed by atoms with Gasteiger partial charge < -0.3 is 31.0 Å². The molecule has 0 spiro atoms. The van der Waals surface area contributed by atoms with Crippen molar-refractivity contribution in [1.82, 2.24) is 14.5 Å². The van der Waals surface area contributed by atoms with Crippen molar-refractivity contribution in [3.63, 3.8) is 0 Å². The van der Waals surface area contributed by atoms with Crippen LogP contribution in [0.1, 0.15) is 6.23 Å². The Morgan fingerprint density at radius 3 is 2.80 bits per heavy atom. The van der Waals surface area contributed by atoms with Crippen LogP contribution in [0.4, 0.5) is 5.82 Å². The normalized spacial score (nSPS) is 30.1. The third-order valence-corrected chi connectivity index (χ3v) is 3.32. The van der Waals surface area contributed by atoms with Gasteiger partial charge in [-0.3, -0.25) is 0 Å². The summed E-state index contributed by atoms with van der Waals surface area (Å²) >= 11 is 0. The van der Waals surface area contributed by atoms with E-state index in [-0.39, 0.29) is 17.0 Å². The summed E-state index contributed by atoms with van der Waals surface area (Å²) in [6.07, 6.45) is -2.28. The van der Waals surface area contributed by atoms with Gasteiger partial charge >= 0.3 is 0 Å². The van der Waals surface area contributed by atoms with Crippen LogP contribution in [0.3, 0.4) is 0 Å². The van der Waals surface area contributed by atoms with Gasteiger partial charge in [-0.2, -0.15) is 9.55 Å². The summed E-state index contributed by atoms with van der Waals surface area (Å²) in [4.78, 5) is 7.65. The van der Waals surface area contributed by atoms with Gasteiger partial charge in [-0.05, 0) is 0 Å². The Bertz CT molecular complexity index is 646. The fraction of sp³-hybridized carbons (Fsp3) is 0.500. The van der Waals surface area contributed by atoms with E-state index in [0.29, 0.717) is 4.73 Å². The number of ether oxygens (including phenoxy) is 1. The molecule has 20 heavy (non-hydrogen) atoms. The Morgan fingerprint density at radius 1 is 1.40 bits per heavy atom. The van der Waals surface area contributed by atoms with E-state index < -0.39 is 31.1 Å². The average molecular weight is 283 g/mol. The molecule has 1 fully saturated rings. The van der Waals surface area contributed by atoms with E-state index in [1.54, 1.807) is 0 Å². The molecule has 0 saturated carbocycles. The molecule has 4 atom stereocenters. The molecule has 2 aromatic rings. The predicted molar refractivity (Wildman–Crippen MR) is 63.9 cm³/mol. The van der Waals surface area contributed by atoms with Crippen LogP contribution in [0.5, 0.6) is 0 Å². The summed E-state index contributed by atoms with van der Waals surface area (Å²) in [6, 6.07) is 0. The van der Waals surface area contributed by atoms with E-state index in [0.717, 1.165) is 6.33 Å². The minimum atomic E-state index is -1.31. The highest BCUT2D eigenvalue weighted by molar-refractivity contribution is 5.77. The number of rotatable bonds is 2. The van der Waals surface area contributed by atoms with Crippen molar-refractivity contribution in [1.29, 1.82) is 0 Å². The maximum atomic E-state index is 11.8. The summed E-state index contributed by atoms with van der Waals surface area (Å²) in [6.45, 7) is -0.456. The highest BCUT2D eigenvalue weighted by Gasteiger charge is 2.47. The van der Waals surface area contributed by atoms with Crippen molar-refractivity contribution in [3.8, 4) is 0 Å². The Kier molecular flexibility index (Phi) is 2.94. The molecule has 1 saturated heterocycles. The van der Waals surface area contributed by atoms with Crippen LogP contribution in [-0.2, 0) is 4.74 Å². The minimum absolute atomic E-state index is 0.00417. The number of hydrogen-bond acceptors (Lipinski definition) is 8. The van der Waals surface area contributed by atoms with Gasteiger partial charge in [0.1, 0.15) is 24.6 Å². The molecule has 3 rings (SSSR count). The average Bonchev–Trinajstić information content (AvgIpc) is 2.90. The molecule has 5 N–H and O–H groups in total. The van der Waals surface area contributed by atoms with Gasteiger partial charge in [-0.25, -0.2) is 9.71 Å². The van der Waals surface area contributed by atoms with Crippen molar-refractivity contribution < 1.29 is 24.8 Å². The first-order valence-electron chi connectivity index (χ1n) is 5.87. The van der Waals surface area contributed by atoms with Gasteiger partial charge in [0.2, 0.25) is 11.7 Å². The summed E-state index contributed by atoms with van der Waals surface area (Å²) in [5.74, 6) is -0.00417. The van der Waals surface area contributed by atoms with Gasteiger partial charge in [0.15, 0.2) is 5.82 Å². The fourth-order valence-electron chi connectivity index (χ4n) is 2.30. The molecule has 1 aliphatic heterocycles. The summed E-state index contributed by atoms with van der Waals surface area (Å²) in [5.41, 5.74) is 5.82. The number of aromatic nitrogens is 4. The van der Waals surface area contributed by atoms with E-state index in [4.69, 9.17) is 15.6 Å².